The van der Waals surface area contributed by atoms with Crippen molar-refractivity contribution < 1.29 is 18.0 Å². The Bertz CT molecular complexity index is 1120. The summed E-state index contributed by atoms with van der Waals surface area (Å²) in [5.41, 5.74) is 0.859. The number of sulfonamides is 1. The molecule has 1 aliphatic heterocycles. The van der Waals surface area contributed by atoms with Gasteiger partial charge in [-0.15, -0.1) is 12.4 Å². The molecular formula is C23H33ClN6O4S. The van der Waals surface area contributed by atoms with Crippen molar-refractivity contribution >= 4 is 40.6 Å². The first kappa shape index (κ1) is 28.3. The summed E-state index contributed by atoms with van der Waals surface area (Å²) >= 11 is 0. The van der Waals surface area contributed by atoms with E-state index >= 15 is 0 Å². The molecule has 10 nitrogen and oxygen atoms in total. The summed E-state index contributed by atoms with van der Waals surface area (Å²) in [4.78, 5) is 28.0. The molecule has 0 unspecified atom stereocenters. The smallest absolute Gasteiger partial charge is 0.243 e. The van der Waals surface area contributed by atoms with Crippen LogP contribution in [0, 0.1) is 5.92 Å². The average Bonchev–Trinajstić information content (AvgIpc) is 3.47. The third kappa shape index (κ3) is 7.55. The number of hydrazone groups is 1. The van der Waals surface area contributed by atoms with Crippen molar-refractivity contribution in [2.75, 3.05) is 6.54 Å². The molecule has 1 fully saturated rings. The van der Waals surface area contributed by atoms with Crippen LogP contribution in [-0.2, 0) is 26.2 Å². The highest BCUT2D eigenvalue weighted by molar-refractivity contribution is 7.89. The van der Waals surface area contributed by atoms with Crippen molar-refractivity contribution in [3.05, 3.63) is 54.4 Å². The van der Waals surface area contributed by atoms with Crippen LogP contribution in [0.5, 0.6) is 0 Å². The molecular weight excluding hydrogens is 492 g/mol. The van der Waals surface area contributed by atoms with Gasteiger partial charge in [0.1, 0.15) is 18.4 Å². The number of amides is 2. The maximum absolute atomic E-state index is 13.4. The Hall–Kier alpha value is -2.89. The van der Waals surface area contributed by atoms with Crippen LogP contribution in [0.25, 0.3) is 0 Å². The number of hydrogen-bond donors (Lipinski definition) is 3. The maximum atomic E-state index is 13.4. The fourth-order valence-corrected chi connectivity index (χ4v) is 5.27. The van der Waals surface area contributed by atoms with Gasteiger partial charge in [0, 0.05) is 25.5 Å². The van der Waals surface area contributed by atoms with Crippen molar-refractivity contribution in [1.82, 2.24) is 19.5 Å². The van der Waals surface area contributed by atoms with Crippen LogP contribution in [0.1, 0.15) is 38.7 Å². The number of rotatable bonds is 10. The van der Waals surface area contributed by atoms with Crippen molar-refractivity contribution in [3.63, 3.8) is 0 Å². The van der Waals surface area contributed by atoms with E-state index < -0.39 is 22.1 Å². The van der Waals surface area contributed by atoms with E-state index in [-0.39, 0.29) is 35.0 Å². The van der Waals surface area contributed by atoms with Crippen LogP contribution in [0.15, 0.2) is 58.8 Å². The molecule has 0 spiro atoms. The van der Waals surface area contributed by atoms with E-state index in [1.165, 1.54) is 23.4 Å². The maximum Gasteiger partial charge on any atom is 0.243 e. The molecule has 2 amide bonds. The molecule has 3 rings (SSSR count). The Kier molecular flexibility index (Phi) is 10.3. The summed E-state index contributed by atoms with van der Waals surface area (Å²) in [6, 6.07) is 8.19. The van der Waals surface area contributed by atoms with Gasteiger partial charge in [-0.3, -0.25) is 9.59 Å². The van der Waals surface area contributed by atoms with Gasteiger partial charge in [-0.2, -0.15) is 9.82 Å². The summed E-state index contributed by atoms with van der Waals surface area (Å²) in [5.74, 6) is 4.57. The van der Waals surface area contributed by atoms with Gasteiger partial charge in [-0.25, -0.2) is 8.42 Å². The number of carbonyl (C=O) groups excluding carboxylic acids is 2. The van der Waals surface area contributed by atoms with E-state index in [0.29, 0.717) is 32.4 Å². The van der Waals surface area contributed by atoms with Crippen LogP contribution < -0.4 is 15.9 Å². The van der Waals surface area contributed by atoms with E-state index in [4.69, 9.17) is 5.84 Å². The monoisotopic (exact) mass is 524 g/mol. The minimum absolute atomic E-state index is 0. The number of hydrogen-bond acceptors (Lipinski definition) is 6. The Morgan fingerprint density at radius 2 is 1.94 bits per heavy atom. The largest absolute Gasteiger partial charge is 0.350 e. The van der Waals surface area contributed by atoms with E-state index in [2.05, 4.69) is 15.1 Å². The van der Waals surface area contributed by atoms with Gasteiger partial charge >= 0.3 is 0 Å². The van der Waals surface area contributed by atoms with Gasteiger partial charge in [0.25, 0.3) is 0 Å². The first-order chi connectivity index (χ1) is 16.2. The zero-order chi connectivity index (χ0) is 24.7. The second-order valence-electron chi connectivity index (χ2n) is 8.76. The molecule has 1 saturated heterocycles. The summed E-state index contributed by atoms with van der Waals surface area (Å²) in [6.45, 7) is 4.54. The summed E-state index contributed by atoms with van der Waals surface area (Å²) in [7, 11) is -3.89. The van der Waals surface area contributed by atoms with E-state index in [9.17, 15) is 18.0 Å². The Balaban J connectivity index is 0.00000432. The number of likely N-dealkylation sites (tertiary alicyclic amines) is 1. The lowest BCUT2D eigenvalue weighted by Gasteiger charge is -2.29. The Morgan fingerprint density at radius 3 is 2.60 bits per heavy atom. The highest BCUT2D eigenvalue weighted by atomic mass is 35.5. The second kappa shape index (κ2) is 12.7. The number of benzene rings is 1. The van der Waals surface area contributed by atoms with Gasteiger partial charge in [0.05, 0.1) is 4.90 Å². The highest BCUT2D eigenvalue weighted by Crippen LogP contribution is 2.22. The third-order valence-electron chi connectivity index (χ3n) is 5.64. The summed E-state index contributed by atoms with van der Waals surface area (Å²) < 4.78 is 30.0. The van der Waals surface area contributed by atoms with Gasteiger partial charge in [0.15, 0.2) is 0 Å². The van der Waals surface area contributed by atoms with Gasteiger partial charge in [-0.05, 0) is 48.9 Å². The van der Waals surface area contributed by atoms with Crippen molar-refractivity contribution in [2.45, 2.75) is 56.6 Å². The molecule has 1 aliphatic rings. The molecule has 0 aliphatic carbocycles. The molecule has 2 aromatic rings. The number of carbonyl (C=O) groups is 2. The lowest BCUT2D eigenvalue weighted by molar-refractivity contribution is -0.140. The first-order valence-corrected chi connectivity index (χ1v) is 12.7. The predicted molar refractivity (Wildman–Crippen MR) is 136 cm³/mol. The second-order valence-corrected chi connectivity index (χ2v) is 10.5. The lowest BCUT2D eigenvalue weighted by atomic mass is 10.0. The quantitative estimate of drug-likeness (QED) is 0.188. The van der Waals surface area contributed by atoms with Gasteiger partial charge in [-0.1, -0.05) is 32.0 Å². The van der Waals surface area contributed by atoms with Crippen LogP contribution >= 0.6 is 12.4 Å². The summed E-state index contributed by atoms with van der Waals surface area (Å²) in [6.07, 6.45) is 6.51. The normalized spacial score (nSPS) is 16.9. The minimum Gasteiger partial charge on any atom is -0.350 e. The molecule has 1 aromatic carbocycles. The lowest BCUT2D eigenvalue weighted by Crippen LogP contribution is -2.53. The van der Waals surface area contributed by atoms with Crippen molar-refractivity contribution in [3.8, 4) is 0 Å². The Morgan fingerprint density at radius 1 is 1.23 bits per heavy atom. The molecule has 1 aromatic heterocycles. The van der Waals surface area contributed by atoms with E-state index in [0.717, 1.165) is 5.56 Å². The van der Waals surface area contributed by atoms with Gasteiger partial charge in [0.2, 0.25) is 21.8 Å². The molecule has 0 radical (unpaired) electrons. The predicted octanol–water partition coefficient (Wildman–Crippen LogP) is 1.66. The van der Waals surface area contributed by atoms with Crippen molar-refractivity contribution in [1.29, 1.82) is 0 Å². The molecule has 2 atom stereocenters. The summed E-state index contributed by atoms with van der Waals surface area (Å²) in [5, 5.41) is 6.32. The van der Waals surface area contributed by atoms with Crippen LogP contribution in [0.2, 0.25) is 0 Å². The number of aromatic nitrogens is 1. The molecule has 0 bridgehead atoms. The van der Waals surface area contributed by atoms with E-state index in [1.807, 2.05) is 19.9 Å². The number of nitrogens with zero attached hydrogens (tertiary/aromatic N) is 3. The number of nitrogens with one attached hydrogen (secondary N) is 2. The van der Waals surface area contributed by atoms with Crippen LogP contribution in [0.4, 0.5) is 0 Å². The third-order valence-corrected chi connectivity index (χ3v) is 7.12. The van der Waals surface area contributed by atoms with Crippen LogP contribution in [-0.4, -0.2) is 54.7 Å². The topological polar surface area (TPSA) is 139 Å². The first-order valence-electron chi connectivity index (χ1n) is 11.3. The molecule has 35 heavy (non-hydrogen) atoms. The zero-order valence-corrected chi connectivity index (χ0v) is 21.5. The zero-order valence-electron chi connectivity index (χ0n) is 19.8. The number of nitrogens with two attached hydrogens (primary N) is 1. The molecule has 12 heteroatoms. The Labute approximate surface area is 212 Å². The number of halogens is 1. The SMILES string of the molecule is CC(C)C[C@@H](NS(=O)(=O)c1ccccc1)C(=O)N1CCC[C@H]1C(=O)NCc1ccn(C=NN)c1.Cl. The van der Waals surface area contributed by atoms with Crippen LogP contribution in [0.3, 0.4) is 0 Å². The molecule has 4 N–H and O–H groups in total. The fraction of sp³-hybridized carbons (Fsp3) is 0.435. The highest BCUT2D eigenvalue weighted by Gasteiger charge is 2.38. The molecule has 2 heterocycles. The van der Waals surface area contributed by atoms with Crippen molar-refractivity contribution in [2.24, 2.45) is 16.9 Å². The average molecular weight is 525 g/mol. The van der Waals surface area contributed by atoms with Gasteiger partial charge < -0.3 is 20.6 Å². The molecule has 192 valence electrons. The fourth-order valence-electron chi connectivity index (χ4n) is 4.05. The van der Waals surface area contributed by atoms with E-state index in [1.54, 1.807) is 35.2 Å². The minimum atomic E-state index is -3.89. The standard InChI is InChI=1S/C23H32N6O4S.ClH/c1-17(2)13-20(27-34(32,33)19-7-4-3-5-8-19)23(31)29-11-6-9-21(29)22(30)25-14-18-10-12-28(15-18)16-26-24;/h3-5,7-8,10,12,15-17,20-21,27H,6,9,11,13-14,24H2,1-2H3,(H,25,30);1H/t20-,21+;/m1./s1. The molecule has 0 saturated carbocycles.